The van der Waals surface area contributed by atoms with E-state index in [2.05, 4.69) is 42.5 Å². The Morgan fingerprint density at radius 1 is 0.944 bits per heavy atom. The van der Waals surface area contributed by atoms with Crippen LogP contribution in [-0.2, 0) is 11.2 Å². The molecule has 1 aromatic heterocycles. The van der Waals surface area contributed by atoms with Crippen molar-refractivity contribution >= 4 is 6.08 Å². The molecular weight excluding hydrogens is 454 g/mol. The summed E-state index contributed by atoms with van der Waals surface area (Å²) in [5.41, 5.74) is 3.20. The summed E-state index contributed by atoms with van der Waals surface area (Å²) < 4.78 is 34.6. The molecular formula is C31H36F2N2O. The summed E-state index contributed by atoms with van der Waals surface area (Å²) in [7, 11) is 0. The minimum atomic E-state index is -0.938. The van der Waals surface area contributed by atoms with Crippen molar-refractivity contribution in [3.05, 3.63) is 90.3 Å². The number of halogens is 2. The highest BCUT2D eigenvalue weighted by atomic mass is 19.2. The first-order valence-electron chi connectivity index (χ1n) is 12.8. The van der Waals surface area contributed by atoms with Crippen molar-refractivity contribution in [2.45, 2.75) is 64.9 Å². The van der Waals surface area contributed by atoms with Gasteiger partial charge in [0.2, 0.25) is 0 Å². The van der Waals surface area contributed by atoms with E-state index in [4.69, 9.17) is 4.74 Å². The molecule has 0 aliphatic rings. The average Bonchev–Trinajstić information content (AvgIpc) is 2.90. The standard InChI is InChI=1S/C31H36F2N2O/c1-4-6-10-20-36-23(3)12-8-7-9-13-24-14-16-25(17-15-24)27-21-34-31(35-22-27)28-19-18-26(11-5-2)29(32)30(28)33/h5,9,13-19,21-23H,2,4,6-8,10-12,20H2,1,3H3/b13-9+. The van der Waals surface area contributed by atoms with Gasteiger partial charge in [0.05, 0.1) is 11.7 Å². The van der Waals surface area contributed by atoms with Crippen molar-refractivity contribution in [3.8, 4) is 22.5 Å². The van der Waals surface area contributed by atoms with Crippen molar-refractivity contribution in [3.63, 3.8) is 0 Å². The van der Waals surface area contributed by atoms with Gasteiger partial charge < -0.3 is 4.74 Å². The summed E-state index contributed by atoms with van der Waals surface area (Å²) in [5.74, 6) is -1.67. The molecule has 0 aliphatic carbocycles. The molecule has 3 rings (SSSR count). The Balaban J connectivity index is 1.52. The van der Waals surface area contributed by atoms with Crippen LogP contribution in [0.15, 0.2) is 67.5 Å². The highest BCUT2D eigenvalue weighted by molar-refractivity contribution is 5.66. The molecule has 0 saturated carbocycles. The molecule has 3 nitrogen and oxygen atoms in total. The van der Waals surface area contributed by atoms with E-state index in [1.807, 2.05) is 24.3 Å². The smallest absolute Gasteiger partial charge is 0.170 e. The zero-order valence-corrected chi connectivity index (χ0v) is 21.4. The fourth-order valence-corrected chi connectivity index (χ4v) is 3.94. The summed E-state index contributed by atoms with van der Waals surface area (Å²) in [6.45, 7) is 8.79. The Labute approximate surface area is 214 Å². The molecule has 0 saturated heterocycles. The van der Waals surface area contributed by atoms with Gasteiger partial charge in [0.15, 0.2) is 17.5 Å². The SMILES string of the molecule is C=CCc1ccc(-c2ncc(-c3ccc(/C=C/CCCC(C)OCCCCC)cc3)cn2)c(F)c1F. The molecule has 0 N–H and O–H groups in total. The highest BCUT2D eigenvalue weighted by Gasteiger charge is 2.16. The molecule has 3 aromatic rings. The third-order valence-corrected chi connectivity index (χ3v) is 6.11. The second-order valence-electron chi connectivity index (χ2n) is 9.03. The predicted octanol–water partition coefficient (Wildman–Crippen LogP) is 8.60. The molecule has 1 atom stereocenters. The maximum absolute atomic E-state index is 14.5. The van der Waals surface area contributed by atoms with Gasteiger partial charge in [-0.05, 0) is 61.8 Å². The number of benzene rings is 2. The number of hydrogen-bond acceptors (Lipinski definition) is 3. The van der Waals surface area contributed by atoms with Crippen LogP contribution in [0.5, 0.6) is 0 Å². The lowest BCUT2D eigenvalue weighted by Crippen LogP contribution is -2.08. The molecule has 5 heteroatoms. The van der Waals surface area contributed by atoms with Gasteiger partial charge in [-0.25, -0.2) is 18.7 Å². The van der Waals surface area contributed by atoms with Crippen LogP contribution in [0, 0.1) is 11.6 Å². The zero-order valence-electron chi connectivity index (χ0n) is 21.4. The van der Waals surface area contributed by atoms with Crippen LogP contribution in [0.2, 0.25) is 0 Å². The van der Waals surface area contributed by atoms with E-state index in [9.17, 15) is 8.78 Å². The van der Waals surface area contributed by atoms with Gasteiger partial charge in [-0.2, -0.15) is 0 Å². The van der Waals surface area contributed by atoms with Gasteiger partial charge in [-0.15, -0.1) is 6.58 Å². The Bertz CT molecular complexity index is 1120. The van der Waals surface area contributed by atoms with E-state index in [-0.39, 0.29) is 23.4 Å². The molecule has 190 valence electrons. The van der Waals surface area contributed by atoms with Crippen LogP contribution < -0.4 is 0 Å². The lowest BCUT2D eigenvalue weighted by molar-refractivity contribution is 0.0566. The Hall–Kier alpha value is -3.18. The quantitative estimate of drug-likeness (QED) is 0.168. The summed E-state index contributed by atoms with van der Waals surface area (Å²) in [6, 6.07) is 11.2. The number of ether oxygens (including phenoxy) is 1. The molecule has 1 heterocycles. The first kappa shape index (κ1) is 27.4. The molecule has 0 radical (unpaired) electrons. The maximum atomic E-state index is 14.5. The van der Waals surface area contributed by atoms with E-state index in [0.29, 0.717) is 6.10 Å². The molecule has 0 aliphatic heterocycles. The summed E-state index contributed by atoms with van der Waals surface area (Å²) in [4.78, 5) is 8.55. The summed E-state index contributed by atoms with van der Waals surface area (Å²) in [6.07, 6.45) is 16.5. The minimum absolute atomic E-state index is 0.0461. The first-order chi connectivity index (χ1) is 17.5. The van der Waals surface area contributed by atoms with Crippen LogP contribution in [0.4, 0.5) is 8.78 Å². The Morgan fingerprint density at radius 2 is 1.69 bits per heavy atom. The van der Waals surface area contributed by atoms with Gasteiger partial charge in [-0.1, -0.05) is 68.3 Å². The Kier molecular flexibility index (Phi) is 11.0. The van der Waals surface area contributed by atoms with E-state index in [0.717, 1.165) is 49.0 Å². The second-order valence-corrected chi connectivity index (χ2v) is 9.03. The van der Waals surface area contributed by atoms with Crippen LogP contribution in [0.25, 0.3) is 28.6 Å². The first-order valence-corrected chi connectivity index (χ1v) is 12.8. The Morgan fingerprint density at radius 3 is 2.39 bits per heavy atom. The van der Waals surface area contributed by atoms with Crippen LogP contribution in [-0.4, -0.2) is 22.7 Å². The fraction of sp³-hybridized carbons (Fsp3) is 0.355. The highest BCUT2D eigenvalue weighted by Crippen LogP contribution is 2.26. The van der Waals surface area contributed by atoms with Crippen molar-refractivity contribution in [1.82, 2.24) is 9.97 Å². The zero-order chi connectivity index (χ0) is 25.8. The van der Waals surface area contributed by atoms with Crippen molar-refractivity contribution < 1.29 is 13.5 Å². The molecule has 1 unspecified atom stereocenters. The van der Waals surface area contributed by atoms with Gasteiger partial charge in [-0.3, -0.25) is 0 Å². The maximum Gasteiger partial charge on any atom is 0.170 e. The topological polar surface area (TPSA) is 35.0 Å². The van der Waals surface area contributed by atoms with Crippen LogP contribution in [0.3, 0.4) is 0 Å². The van der Waals surface area contributed by atoms with E-state index < -0.39 is 11.6 Å². The van der Waals surface area contributed by atoms with E-state index in [1.54, 1.807) is 18.5 Å². The van der Waals surface area contributed by atoms with Crippen LogP contribution in [0.1, 0.15) is 63.5 Å². The summed E-state index contributed by atoms with van der Waals surface area (Å²) >= 11 is 0. The monoisotopic (exact) mass is 490 g/mol. The molecule has 0 fully saturated rings. The van der Waals surface area contributed by atoms with Gasteiger partial charge in [0, 0.05) is 24.6 Å². The molecule has 0 bridgehead atoms. The number of unbranched alkanes of at least 4 members (excludes halogenated alkanes) is 3. The largest absolute Gasteiger partial charge is 0.379 e. The molecule has 2 aromatic carbocycles. The van der Waals surface area contributed by atoms with Crippen molar-refractivity contribution in [2.24, 2.45) is 0 Å². The molecule has 36 heavy (non-hydrogen) atoms. The lowest BCUT2D eigenvalue weighted by Gasteiger charge is -2.12. The molecule has 0 spiro atoms. The van der Waals surface area contributed by atoms with Crippen LogP contribution >= 0.6 is 0 Å². The second kappa shape index (κ2) is 14.4. The number of allylic oxidation sites excluding steroid dienone is 2. The predicted molar refractivity (Wildman–Crippen MR) is 145 cm³/mol. The number of aromatic nitrogens is 2. The number of nitrogens with zero attached hydrogens (tertiary/aromatic N) is 2. The van der Waals surface area contributed by atoms with E-state index >= 15 is 0 Å². The lowest BCUT2D eigenvalue weighted by atomic mass is 10.0. The van der Waals surface area contributed by atoms with Crippen molar-refractivity contribution in [1.29, 1.82) is 0 Å². The molecule has 0 amide bonds. The normalized spacial score (nSPS) is 12.2. The van der Waals surface area contributed by atoms with Gasteiger partial charge in [0.25, 0.3) is 0 Å². The number of hydrogen-bond donors (Lipinski definition) is 0. The van der Waals surface area contributed by atoms with E-state index in [1.165, 1.54) is 25.0 Å². The third-order valence-electron chi connectivity index (χ3n) is 6.11. The summed E-state index contributed by atoms with van der Waals surface area (Å²) in [5, 5.41) is 0. The third kappa shape index (κ3) is 7.92. The van der Waals surface area contributed by atoms with Gasteiger partial charge in [0.1, 0.15) is 0 Å². The average molecular weight is 491 g/mol. The minimum Gasteiger partial charge on any atom is -0.379 e. The van der Waals surface area contributed by atoms with Gasteiger partial charge >= 0.3 is 0 Å². The fourth-order valence-electron chi connectivity index (χ4n) is 3.94. The van der Waals surface area contributed by atoms with Crippen molar-refractivity contribution in [2.75, 3.05) is 6.61 Å². The number of rotatable bonds is 14.